The molecule has 0 aromatic heterocycles. The topological polar surface area (TPSA) is 75.5 Å². The molecule has 8 heteroatoms. The van der Waals surface area contributed by atoms with Gasteiger partial charge >= 0.3 is 0 Å². The summed E-state index contributed by atoms with van der Waals surface area (Å²) in [6.07, 6.45) is 8.41. The lowest BCUT2D eigenvalue weighted by atomic mass is 9.85. The number of nitrogens with zero attached hydrogens (tertiary/aromatic N) is 3. The minimum absolute atomic E-state index is 0.00522. The maximum atomic E-state index is 14.6. The van der Waals surface area contributed by atoms with Crippen LogP contribution >= 0.6 is 7.37 Å². The van der Waals surface area contributed by atoms with Gasteiger partial charge in [0.15, 0.2) is 6.17 Å². The van der Waals surface area contributed by atoms with E-state index in [0.717, 1.165) is 57.9 Å². The molecule has 4 fully saturated rings. The Morgan fingerprint density at radius 2 is 1.70 bits per heavy atom. The molecule has 3 heterocycles. The summed E-state index contributed by atoms with van der Waals surface area (Å²) in [4.78, 5) is 0. The second-order valence-electron chi connectivity index (χ2n) is 9.53. The summed E-state index contributed by atoms with van der Waals surface area (Å²) < 4.78 is 27.6. The van der Waals surface area contributed by atoms with Gasteiger partial charge in [-0.2, -0.15) is 9.74 Å². The van der Waals surface area contributed by atoms with Crippen molar-refractivity contribution in [3.05, 3.63) is 0 Å². The van der Waals surface area contributed by atoms with Crippen molar-refractivity contribution in [3.8, 4) is 0 Å². The Morgan fingerprint density at radius 1 is 1.04 bits per heavy atom. The first-order chi connectivity index (χ1) is 13.0. The SMILES string of the molecule is CC1CCC2OC3CCC(C)CC3P(=O)(ON3N=NC4CCCNC43)C2C1. The Balaban J connectivity index is 1.45. The molecule has 0 aromatic rings. The van der Waals surface area contributed by atoms with Crippen LogP contribution in [0.4, 0.5) is 0 Å². The van der Waals surface area contributed by atoms with E-state index < -0.39 is 7.37 Å². The van der Waals surface area contributed by atoms with Crippen molar-refractivity contribution in [3.63, 3.8) is 0 Å². The van der Waals surface area contributed by atoms with Crippen LogP contribution in [-0.2, 0) is 13.9 Å². The Kier molecular flexibility index (Phi) is 4.86. The van der Waals surface area contributed by atoms with Gasteiger partial charge in [-0.15, -0.1) is 5.17 Å². The maximum absolute atomic E-state index is 14.6. The summed E-state index contributed by atoms with van der Waals surface area (Å²) in [5.74, 6) is 1.15. The minimum atomic E-state index is -2.96. The van der Waals surface area contributed by atoms with Gasteiger partial charge in [0, 0.05) is 0 Å². The molecule has 0 spiro atoms. The van der Waals surface area contributed by atoms with E-state index in [2.05, 4.69) is 29.5 Å². The average Bonchev–Trinajstić information content (AvgIpc) is 3.06. The van der Waals surface area contributed by atoms with E-state index in [1.165, 1.54) is 0 Å². The van der Waals surface area contributed by atoms with Crippen LogP contribution in [0.3, 0.4) is 0 Å². The largest absolute Gasteiger partial charge is 0.373 e. The molecule has 5 rings (SSSR count). The summed E-state index contributed by atoms with van der Waals surface area (Å²) in [6, 6.07) is 0.119. The van der Waals surface area contributed by atoms with Gasteiger partial charge in [0.2, 0.25) is 7.37 Å². The Hall–Kier alpha value is -0.490. The van der Waals surface area contributed by atoms with Crippen molar-refractivity contribution in [2.24, 2.45) is 22.2 Å². The molecule has 3 aliphatic heterocycles. The van der Waals surface area contributed by atoms with E-state index in [4.69, 9.17) is 9.36 Å². The normalized spacial score (nSPS) is 52.1. The van der Waals surface area contributed by atoms with Gasteiger partial charge in [0.1, 0.15) is 6.04 Å². The molecule has 8 unspecified atom stereocenters. The van der Waals surface area contributed by atoms with E-state index in [-0.39, 0.29) is 35.7 Å². The number of hydrogen-bond donors (Lipinski definition) is 1. The van der Waals surface area contributed by atoms with Crippen LogP contribution in [0.5, 0.6) is 0 Å². The summed E-state index contributed by atoms with van der Waals surface area (Å²) in [5, 5.41) is 13.7. The first kappa shape index (κ1) is 18.5. The molecule has 0 aromatic carbocycles. The van der Waals surface area contributed by atoms with Crippen molar-refractivity contribution in [1.29, 1.82) is 0 Å². The van der Waals surface area contributed by atoms with Gasteiger partial charge in [0.05, 0.1) is 23.5 Å². The zero-order valence-electron chi connectivity index (χ0n) is 16.5. The van der Waals surface area contributed by atoms with E-state index in [9.17, 15) is 4.57 Å². The molecular weight excluding hydrogens is 363 g/mol. The molecule has 0 bridgehead atoms. The number of ether oxygens (including phenoxy) is 1. The van der Waals surface area contributed by atoms with Crippen LogP contribution in [0.1, 0.15) is 65.2 Å². The molecule has 1 N–H and O–H groups in total. The number of fused-ring (bicyclic) bond motifs is 3. The quantitative estimate of drug-likeness (QED) is 0.711. The minimum Gasteiger partial charge on any atom is -0.373 e. The van der Waals surface area contributed by atoms with E-state index in [1.54, 1.807) is 5.17 Å². The Morgan fingerprint density at radius 3 is 2.37 bits per heavy atom. The monoisotopic (exact) mass is 396 g/mol. The van der Waals surface area contributed by atoms with E-state index in [1.807, 2.05) is 0 Å². The second kappa shape index (κ2) is 7.08. The highest BCUT2D eigenvalue weighted by Gasteiger charge is 2.58. The summed E-state index contributed by atoms with van der Waals surface area (Å²) >= 11 is 0. The van der Waals surface area contributed by atoms with Crippen molar-refractivity contribution < 1.29 is 13.9 Å². The molecular formula is C19H33N4O3P. The van der Waals surface area contributed by atoms with Crippen molar-refractivity contribution in [1.82, 2.24) is 10.5 Å². The number of nitrogens with one attached hydrogen (secondary N) is 1. The molecule has 0 radical (unpaired) electrons. The zero-order chi connectivity index (χ0) is 18.6. The lowest BCUT2D eigenvalue weighted by Gasteiger charge is -2.52. The molecule has 27 heavy (non-hydrogen) atoms. The lowest BCUT2D eigenvalue weighted by molar-refractivity contribution is -0.122. The van der Waals surface area contributed by atoms with Crippen LogP contribution in [0.2, 0.25) is 0 Å². The highest BCUT2D eigenvalue weighted by molar-refractivity contribution is 7.60. The van der Waals surface area contributed by atoms with Crippen LogP contribution in [0, 0.1) is 11.8 Å². The predicted octanol–water partition coefficient (Wildman–Crippen LogP) is 4.10. The van der Waals surface area contributed by atoms with Gasteiger partial charge in [-0.25, -0.2) is 0 Å². The Labute approximate surface area is 162 Å². The number of piperidine rings is 1. The first-order valence-corrected chi connectivity index (χ1v) is 12.7. The third kappa shape index (κ3) is 3.19. The molecule has 2 saturated heterocycles. The second-order valence-corrected chi connectivity index (χ2v) is 12.3. The van der Waals surface area contributed by atoms with Gasteiger partial charge in [0.25, 0.3) is 0 Å². The standard InChI is InChI=1S/C19H33N4O3P/c1-12-5-7-15-17(10-12)27(24,18-11-13(2)6-8-16(18)25-15)26-23-19-14(21-22-23)4-3-9-20-19/h12-20H,3-11H2,1-2H3. The molecule has 5 aliphatic rings. The van der Waals surface area contributed by atoms with Crippen molar-refractivity contribution >= 4 is 7.37 Å². The van der Waals surface area contributed by atoms with Crippen LogP contribution in [0.25, 0.3) is 0 Å². The van der Waals surface area contributed by atoms with Gasteiger partial charge in [-0.1, -0.05) is 13.8 Å². The number of rotatable bonds is 2. The highest BCUT2D eigenvalue weighted by Crippen LogP contribution is 2.68. The fourth-order valence-electron chi connectivity index (χ4n) is 5.88. The molecule has 8 atom stereocenters. The van der Waals surface area contributed by atoms with E-state index in [0.29, 0.717) is 11.8 Å². The number of hydrogen-bond acceptors (Lipinski definition) is 7. The highest BCUT2D eigenvalue weighted by atomic mass is 31.2. The molecule has 7 nitrogen and oxygen atoms in total. The smallest absolute Gasteiger partial charge is 0.240 e. The fourth-order valence-corrected chi connectivity index (χ4v) is 9.69. The fraction of sp³-hybridized carbons (Fsp3) is 1.00. The first-order valence-electron chi connectivity index (χ1n) is 10.9. The summed E-state index contributed by atoms with van der Waals surface area (Å²) in [6.45, 7) is 5.47. The molecule has 0 amide bonds. The summed E-state index contributed by atoms with van der Waals surface area (Å²) in [5.41, 5.74) is 0.0104. The third-order valence-electron chi connectivity index (χ3n) is 7.44. The summed E-state index contributed by atoms with van der Waals surface area (Å²) in [7, 11) is -2.96. The number of hydroxylamine groups is 1. The lowest BCUT2D eigenvalue weighted by Crippen LogP contribution is -2.54. The van der Waals surface area contributed by atoms with Crippen LogP contribution < -0.4 is 5.32 Å². The van der Waals surface area contributed by atoms with Crippen molar-refractivity contribution in [2.75, 3.05) is 6.54 Å². The van der Waals surface area contributed by atoms with Crippen LogP contribution in [0.15, 0.2) is 10.3 Å². The molecule has 2 saturated carbocycles. The molecule has 152 valence electrons. The average molecular weight is 396 g/mol. The third-order valence-corrected chi connectivity index (χ3v) is 10.8. The van der Waals surface area contributed by atoms with Crippen molar-refractivity contribution in [2.45, 2.75) is 101 Å². The van der Waals surface area contributed by atoms with Gasteiger partial charge in [-0.3, -0.25) is 9.88 Å². The van der Waals surface area contributed by atoms with Gasteiger partial charge in [-0.05, 0) is 75.0 Å². The zero-order valence-corrected chi connectivity index (χ0v) is 17.4. The maximum Gasteiger partial charge on any atom is 0.240 e. The van der Waals surface area contributed by atoms with Gasteiger partial charge < -0.3 is 4.74 Å². The Bertz CT molecular complexity index is 616. The predicted molar refractivity (Wildman–Crippen MR) is 102 cm³/mol. The van der Waals surface area contributed by atoms with Crippen LogP contribution in [-0.4, -0.2) is 47.5 Å². The van der Waals surface area contributed by atoms with E-state index >= 15 is 0 Å². The molecule has 2 aliphatic carbocycles.